The summed E-state index contributed by atoms with van der Waals surface area (Å²) in [5, 5.41) is 8.39. The van der Waals surface area contributed by atoms with E-state index < -0.39 is 6.03 Å². The fraction of sp³-hybridized carbons (Fsp3) is 0.857. The summed E-state index contributed by atoms with van der Waals surface area (Å²) in [5.74, 6) is 0.149. The Balaban J connectivity index is 1.58. The SMILES string of the molecule is CC(C)CNC(=O)NC(=O)CN1CC(N2CCNCC2)C1. The second kappa shape index (κ2) is 7.72. The quantitative estimate of drug-likeness (QED) is 0.610. The fourth-order valence-corrected chi connectivity index (χ4v) is 2.66. The van der Waals surface area contributed by atoms with Crippen LogP contribution in [0.25, 0.3) is 0 Å². The molecule has 2 aliphatic rings. The summed E-state index contributed by atoms with van der Waals surface area (Å²) in [6.07, 6.45) is 0. The number of hydrogen-bond acceptors (Lipinski definition) is 5. The molecule has 2 rings (SSSR count). The Labute approximate surface area is 126 Å². The van der Waals surface area contributed by atoms with Gasteiger partial charge < -0.3 is 10.6 Å². The first-order valence-corrected chi connectivity index (χ1v) is 7.79. The van der Waals surface area contributed by atoms with Crippen molar-refractivity contribution in [2.24, 2.45) is 5.92 Å². The largest absolute Gasteiger partial charge is 0.338 e. The van der Waals surface area contributed by atoms with Gasteiger partial charge in [-0.2, -0.15) is 0 Å². The molecule has 0 spiro atoms. The molecule has 2 heterocycles. The molecular formula is C14H27N5O2. The van der Waals surface area contributed by atoms with Crippen molar-refractivity contribution in [3.8, 4) is 0 Å². The summed E-state index contributed by atoms with van der Waals surface area (Å²) in [5.41, 5.74) is 0. The maximum atomic E-state index is 11.7. The Hall–Kier alpha value is -1.18. The van der Waals surface area contributed by atoms with E-state index in [1.54, 1.807) is 0 Å². The molecule has 120 valence electrons. The normalized spacial score (nSPS) is 21.1. The standard InChI is InChI=1S/C14H27N5O2/c1-11(2)7-16-14(21)17-13(20)10-18-8-12(9-18)19-5-3-15-4-6-19/h11-12,15H,3-10H2,1-2H3,(H2,16,17,20,21). The van der Waals surface area contributed by atoms with Gasteiger partial charge >= 0.3 is 6.03 Å². The van der Waals surface area contributed by atoms with Crippen molar-refractivity contribution in [2.45, 2.75) is 19.9 Å². The van der Waals surface area contributed by atoms with Gasteiger partial charge in [0.05, 0.1) is 6.54 Å². The highest BCUT2D eigenvalue weighted by Gasteiger charge is 2.33. The van der Waals surface area contributed by atoms with Gasteiger partial charge in [-0.15, -0.1) is 0 Å². The van der Waals surface area contributed by atoms with Gasteiger partial charge in [0.1, 0.15) is 0 Å². The monoisotopic (exact) mass is 297 g/mol. The number of nitrogens with zero attached hydrogens (tertiary/aromatic N) is 2. The van der Waals surface area contributed by atoms with E-state index in [2.05, 4.69) is 25.8 Å². The first-order valence-electron chi connectivity index (χ1n) is 7.79. The molecule has 2 fully saturated rings. The molecular weight excluding hydrogens is 270 g/mol. The van der Waals surface area contributed by atoms with Crippen LogP contribution in [0, 0.1) is 5.92 Å². The molecule has 0 radical (unpaired) electrons. The van der Waals surface area contributed by atoms with Gasteiger partial charge in [-0.05, 0) is 5.92 Å². The van der Waals surface area contributed by atoms with E-state index in [0.29, 0.717) is 25.0 Å². The third-order valence-electron chi connectivity index (χ3n) is 3.90. The Morgan fingerprint density at radius 2 is 1.90 bits per heavy atom. The molecule has 0 aromatic carbocycles. The molecule has 2 aliphatic heterocycles. The number of carbonyl (C=O) groups is 2. The maximum Gasteiger partial charge on any atom is 0.321 e. The minimum atomic E-state index is -0.395. The van der Waals surface area contributed by atoms with Crippen LogP contribution in [0.15, 0.2) is 0 Å². The van der Waals surface area contributed by atoms with Crippen molar-refractivity contribution >= 4 is 11.9 Å². The molecule has 0 bridgehead atoms. The topological polar surface area (TPSA) is 76.7 Å². The lowest BCUT2D eigenvalue weighted by atomic mass is 10.1. The maximum absolute atomic E-state index is 11.7. The molecule has 2 saturated heterocycles. The lowest BCUT2D eigenvalue weighted by Gasteiger charge is -2.46. The number of rotatable bonds is 5. The molecule has 3 N–H and O–H groups in total. The average Bonchev–Trinajstić information content (AvgIpc) is 2.41. The third-order valence-corrected chi connectivity index (χ3v) is 3.90. The number of amides is 3. The Kier molecular flexibility index (Phi) is 5.96. The Bertz CT molecular complexity index is 362. The summed E-state index contributed by atoms with van der Waals surface area (Å²) in [6, 6.07) is 0.169. The lowest BCUT2D eigenvalue weighted by Crippen LogP contribution is -2.64. The number of carbonyl (C=O) groups excluding carboxylic acids is 2. The summed E-state index contributed by atoms with van der Waals surface area (Å²) >= 11 is 0. The highest BCUT2D eigenvalue weighted by Crippen LogP contribution is 2.14. The Morgan fingerprint density at radius 1 is 1.24 bits per heavy atom. The van der Waals surface area contributed by atoms with E-state index in [-0.39, 0.29) is 5.91 Å². The van der Waals surface area contributed by atoms with E-state index in [1.165, 1.54) is 0 Å². The number of likely N-dealkylation sites (tertiary alicyclic amines) is 1. The second-order valence-electron chi connectivity index (χ2n) is 6.29. The lowest BCUT2D eigenvalue weighted by molar-refractivity contribution is -0.123. The summed E-state index contributed by atoms with van der Waals surface area (Å²) in [7, 11) is 0. The fourth-order valence-electron chi connectivity index (χ4n) is 2.66. The summed E-state index contributed by atoms with van der Waals surface area (Å²) in [6.45, 7) is 11.0. The highest BCUT2D eigenvalue weighted by atomic mass is 16.2. The number of piperazine rings is 1. The van der Waals surface area contributed by atoms with Crippen molar-refractivity contribution in [3.05, 3.63) is 0 Å². The van der Waals surface area contributed by atoms with Crippen LogP contribution < -0.4 is 16.0 Å². The molecule has 0 atom stereocenters. The molecule has 7 nitrogen and oxygen atoms in total. The van der Waals surface area contributed by atoms with E-state index in [1.807, 2.05) is 13.8 Å². The van der Waals surface area contributed by atoms with Crippen LogP contribution in [-0.2, 0) is 4.79 Å². The average molecular weight is 297 g/mol. The van der Waals surface area contributed by atoms with Crippen LogP contribution >= 0.6 is 0 Å². The molecule has 0 unspecified atom stereocenters. The van der Waals surface area contributed by atoms with Crippen molar-refractivity contribution in [1.29, 1.82) is 0 Å². The van der Waals surface area contributed by atoms with Crippen LogP contribution in [0.2, 0.25) is 0 Å². The van der Waals surface area contributed by atoms with Gasteiger partial charge in [-0.25, -0.2) is 4.79 Å². The summed E-state index contributed by atoms with van der Waals surface area (Å²) in [4.78, 5) is 27.8. The number of urea groups is 1. The van der Waals surface area contributed by atoms with Crippen molar-refractivity contribution in [3.63, 3.8) is 0 Å². The molecule has 0 aromatic rings. The van der Waals surface area contributed by atoms with Crippen molar-refractivity contribution in [2.75, 3.05) is 52.4 Å². The zero-order valence-corrected chi connectivity index (χ0v) is 13.0. The molecule has 21 heavy (non-hydrogen) atoms. The van der Waals surface area contributed by atoms with E-state index in [9.17, 15) is 9.59 Å². The number of imide groups is 1. The Morgan fingerprint density at radius 3 is 2.52 bits per heavy atom. The second-order valence-corrected chi connectivity index (χ2v) is 6.29. The van der Waals surface area contributed by atoms with Gasteiger partial charge in [-0.3, -0.25) is 19.9 Å². The van der Waals surface area contributed by atoms with Crippen LogP contribution in [0.4, 0.5) is 4.79 Å². The van der Waals surface area contributed by atoms with Gasteiger partial charge in [0.15, 0.2) is 0 Å². The number of nitrogens with one attached hydrogen (secondary N) is 3. The molecule has 3 amide bonds. The van der Waals surface area contributed by atoms with Gasteiger partial charge in [0.25, 0.3) is 0 Å². The van der Waals surface area contributed by atoms with E-state index >= 15 is 0 Å². The molecule has 0 aromatic heterocycles. The minimum Gasteiger partial charge on any atom is -0.338 e. The van der Waals surface area contributed by atoms with Crippen LogP contribution in [0.5, 0.6) is 0 Å². The summed E-state index contributed by atoms with van der Waals surface area (Å²) < 4.78 is 0. The predicted octanol–water partition coefficient (Wildman–Crippen LogP) is -0.942. The zero-order chi connectivity index (χ0) is 15.2. The van der Waals surface area contributed by atoms with Gasteiger partial charge in [0.2, 0.25) is 5.91 Å². The van der Waals surface area contributed by atoms with Crippen LogP contribution in [-0.4, -0.2) is 80.1 Å². The predicted molar refractivity (Wildman–Crippen MR) is 81.1 cm³/mol. The third kappa shape index (κ3) is 5.26. The van der Waals surface area contributed by atoms with Gasteiger partial charge in [-0.1, -0.05) is 13.8 Å². The van der Waals surface area contributed by atoms with E-state index in [4.69, 9.17) is 0 Å². The first kappa shape index (κ1) is 16.2. The molecule has 0 aliphatic carbocycles. The number of hydrogen-bond donors (Lipinski definition) is 3. The highest BCUT2D eigenvalue weighted by molar-refractivity contribution is 5.95. The first-order chi connectivity index (χ1) is 10.0. The van der Waals surface area contributed by atoms with Crippen molar-refractivity contribution < 1.29 is 9.59 Å². The molecule has 7 heteroatoms. The van der Waals surface area contributed by atoms with Crippen molar-refractivity contribution in [1.82, 2.24) is 25.8 Å². The van der Waals surface area contributed by atoms with Gasteiger partial charge in [0, 0.05) is 51.9 Å². The van der Waals surface area contributed by atoms with Crippen LogP contribution in [0.3, 0.4) is 0 Å². The van der Waals surface area contributed by atoms with Crippen LogP contribution in [0.1, 0.15) is 13.8 Å². The zero-order valence-electron chi connectivity index (χ0n) is 13.0. The van der Waals surface area contributed by atoms with E-state index in [0.717, 1.165) is 39.3 Å². The smallest absolute Gasteiger partial charge is 0.321 e. The molecule has 0 saturated carbocycles. The minimum absolute atomic E-state index is 0.227.